The first-order chi connectivity index (χ1) is 14.0. The van der Waals surface area contributed by atoms with Gasteiger partial charge in [0.1, 0.15) is 12.4 Å². The molecular formula is C23H34N4O2. The number of nitrogens with one attached hydrogen (secondary N) is 1. The van der Waals surface area contributed by atoms with E-state index in [0.29, 0.717) is 25.6 Å². The van der Waals surface area contributed by atoms with Crippen molar-refractivity contribution in [2.45, 2.75) is 71.9 Å². The number of imidazole rings is 1. The molecule has 1 unspecified atom stereocenters. The minimum absolute atomic E-state index is 0.0657. The Balaban J connectivity index is 1.74. The number of carbonyl (C=O) groups excluding carboxylic acids is 2. The van der Waals surface area contributed by atoms with Gasteiger partial charge in [0, 0.05) is 31.5 Å². The number of hydrogen-bond donors (Lipinski definition) is 1. The third-order valence-corrected chi connectivity index (χ3v) is 6.15. The van der Waals surface area contributed by atoms with E-state index >= 15 is 0 Å². The summed E-state index contributed by atoms with van der Waals surface area (Å²) in [5, 5.41) is 3.04. The van der Waals surface area contributed by atoms with Crippen molar-refractivity contribution in [3.63, 3.8) is 0 Å². The highest BCUT2D eigenvalue weighted by molar-refractivity contribution is 5.81. The smallest absolute Gasteiger partial charge is 0.242 e. The Hall–Kier alpha value is -2.37. The Kier molecular flexibility index (Phi) is 7.29. The van der Waals surface area contributed by atoms with Crippen molar-refractivity contribution in [2.75, 3.05) is 13.1 Å². The first-order valence-corrected chi connectivity index (χ1v) is 11.1. The lowest BCUT2D eigenvalue weighted by atomic mass is 10.0. The molecular weight excluding hydrogens is 364 g/mol. The summed E-state index contributed by atoms with van der Waals surface area (Å²) in [6.07, 6.45) is 5.66. The van der Waals surface area contributed by atoms with E-state index in [1.807, 2.05) is 47.6 Å². The Labute approximate surface area is 173 Å². The van der Waals surface area contributed by atoms with Gasteiger partial charge in [-0.2, -0.15) is 0 Å². The van der Waals surface area contributed by atoms with Crippen LogP contribution < -0.4 is 5.32 Å². The maximum atomic E-state index is 13.0. The van der Waals surface area contributed by atoms with E-state index in [-0.39, 0.29) is 17.7 Å². The third-order valence-electron chi connectivity index (χ3n) is 6.15. The molecule has 1 N–H and O–H groups in total. The molecule has 29 heavy (non-hydrogen) atoms. The van der Waals surface area contributed by atoms with E-state index in [0.717, 1.165) is 49.1 Å². The van der Waals surface area contributed by atoms with Gasteiger partial charge in [0.05, 0.1) is 11.0 Å². The highest BCUT2D eigenvalue weighted by atomic mass is 16.2. The molecule has 6 nitrogen and oxygen atoms in total. The first-order valence-electron chi connectivity index (χ1n) is 11.1. The zero-order valence-corrected chi connectivity index (χ0v) is 18.0. The topological polar surface area (TPSA) is 67.2 Å². The largest absolute Gasteiger partial charge is 0.355 e. The summed E-state index contributed by atoms with van der Waals surface area (Å²) in [6.45, 7) is 7.90. The summed E-state index contributed by atoms with van der Waals surface area (Å²) < 4.78 is 2.03. The van der Waals surface area contributed by atoms with Crippen molar-refractivity contribution >= 4 is 22.8 Å². The van der Waals surface area contributed by atoms with Crippen LogP contribution in [-0.2, 0) is 22.6 Å². The highest BCUT2D eigenvalue weighted by Crippen LogP contribution is 2.20. The van der Waals surface area contributed by atoms with Crippen molar-refractivity contribution in [3.05, 3.63) is 30.1 Å². The molecule has 2 heterocycles. The number of benzene rings is 1. The van der Waals surface area contributed by atoms with Gasteiger partial charge >= 0.3 is 0 Å². The molecule has 0 bridgehead atoms. The zero-order chi connectivity index (χ0) is 20.8. The Morgan fingerprint density at radius 3 is 2.69 bits per heavy atom. The number of carbonyl (C=O) groups is 2. The van der Waals surface area contributed by atoms with Crippen molar-refractivity contribution in [1.82, 2.24) is 19.8 Å². The van der Waals surface area contributed by atoms with Crippen LogP contribution in [0.5, 0.6) is 0 Å². The van der Waals surface area contributed by atoms with Crippen LogP contribution in [0.25, 0.3) is 11.0 Å². The van der Waals surface area contributed by atoms with Crippen LogP contribution in [0.1, 0.15) is 58.7 Å². The molecule has 1 aromatic carbocycles. The van der Waals surface area contributed by atoms with E-state index in [9.17, 15) is 9.59 Å². The van der Waals surface area contributed by atoms with Crippen molar-refractivity contribution in [2.24, 2.45) is 5.92 Å². The second kappa shape index (κ2) is 9.90. The average molecular weight is 399 g/mol. The summed E-state index contributed by atoms with van der Waals surface area (Å²) in [4.78, 5) is 32.1. The Bertz CT molecular complexity index is 841. The van der Waals surface area contributed by atoms with Crippen LogP contribution in [0.3, 0.4) is 0 Å². The van der Waals surface area contributed by atoms with Crippen LogP contribution in [0, 0.1) is 5.92 Å². The van der Waals surface area contributed by atoms with Gasteiger partial charge < -0.3 is 14.8 Å². The maximum Gasteiger partial charge on any atom is 0.242 e. The second-order valence-corrected chi connectivity index (χ2v) is 8.09. The second-order valence-electron chi connectivity index (χ2n) is 8.09. The number of aromatic nitrogens is 2. The minimum Gasteiger partial charge on any atom is -0.355 e. The van der Waals surface area contributed by atoms with Crippen LogP contribution in [-0.4, -0.2) is 45.4 Å². The van der Waals surface area contributed by atoms with Gasteiger partial charge in [0.15, 0.2) is 0 Å². The summed E-state index contributed by atoms with van der Waals surface area (Å²) in [7, 11) is 0. The van der Waals surface area contributed by atoms with Gasteiger partial charge in [-0.25, -0.2) is 4.98 Å². The van der Waals surface area contributed by atoms with Gasteiger partial charge in [0.2, 0.25) is 11.8 Å². The van der Waals surface area contributed by atoms with Gasteiger partial charge in [-0.05, 0) is 51.2 Å². The Morgan fingerprint density at radius 2 is 1.97 bits per heavy atom. The predicted molar refractivity (Wildman–Crippen MR) is 116 cm³/mol. The lowest BCUT2D eigenvalue weighted by molar-refractivity contribution is -0.135. The van der Waals surface area contributed by atoms with E-state index in [2.05, 4.69) is 12.2 Å². The molecule has 158 valence electrons. The van der Waals surface area contributed by atoms with Gasteiger partial charge in [-0.3, -0.25) is 9.59 Å². The standard InChI is InChI=1S/C23H34N4O2/c1-4-18(5-2)23(29)24-14-13-21-25-19-11-6-7-12-20(19)27(21)16-22(28)26-15-9-8-10-17(26)3/h6-7,11-12,17-18H,4-5,8-10,13-16H2,1-3H3,(H,24,29). The van der Waals surface area contributed by atoms with Gasteiger partial charge in [0.25, 0.3) is 0 Å². The van der Waals surface area contributed by atoms with Crippen LogP contribution in [0.2, 0.25) is 0 Å². The average Bonchev–Trinajstić information content (AvgIpc) is 3.06. The molecule has 1 aliphatic heterocycles. The molecule has 1 aromatic heterocycles. The molecule has 6 heteroatoms. The number of fused-ring (bicyclic) bond motifs is 1. The predicted octanol–water partition coefficient (Wildman–Crippen LogP) is 3.53. The van der Waals surface area contributed by atoms with Gasteiger partial charge in [-0.1, -0.05) is 26.0 Å². The number of likely N-dealkylation sites (tertiary alicyclic amines) is 1. The molecule has 0 saturated carbocycles. The fraction of sp³-hybridized carbons (Fsp3) is 0.609. The van der Waals surface area contributed by atoms with E-state index in [1.165, 1.54) is 6.42 Å². The number of amides is 2. The van der Waals surface area contributed by atoms with Gasteiger partial charge in [-0.15, -0.1) is 0 Å². The lowest BCUT2D eigenvalue weighted by Gasteiger charge is -2.33. The number of piperidine rings is 1. The summed E-state index contributed by atoms with van der Waals surface area (Å²) in [5.41, 5.74) is 1.88. The lowest BCUT2D eigenvalue weighted by Crippen LogP contribution is -2.43. The minimum atomic E-state index is 0.0657. The molecule has 2 aromatic rings. The molecule has 1 saturated heterocycles. The monoisotopic (exact) mass is 398 g/mol. The normalized spacial score (nSPS) is 17.1. The molecule has 3 rings (SSSR count). The third kappa shape index (κ3) is 4.98. The molecule has 0 aliphatic carbocycles. The van der Waals surface area contributed by atoms with Crippen LogP contribution >= 0.6 is 0 Å². The van der Waals surface area contributed by atoms with Crippen LogP contribution in [0.4, 0.5) is 0 Å². The summed E-state index contributed by atoms with van der Waals surface area (Å²) in [6, 6.07) is 8.24. The fourth-order valence-electron chi connectivity index (χ4n) is 4.29. The zero-order valence-electron chi connectivity index (χ0n) is 18.0. The fourth-order valence-corrected chi connectivity index (χ4v) is 4.29. The number of nitrogens with zero attached hydrogens (tertiary/aromatic N) is 3. The number of hydrogen-bond acceptors (Lipinski definition) is 3. The number of rotatable bonds is 8. The molecule has 0 radical (unpaired) electrons. The summed E-state index contributed by atoms with van der Waals surface area (Å²) >= 11 is 0. The van der Waals surface area contributed by atoms with E-state index < -0.39 is 0 Å². The number of para-hydroxylation sites is 2. The van der Waals surface area contributed by atoms with E-state index in [4.69, 9.17) is 4.98 Å². The van der Waals surface area contributed by atoms with Crippen molar-refractivity contribution < 1.29 is 9.59 Å². The molecule has 1 aliphatic rings. The molecule has 2 amide bonds. The highest BCUT2D eigenvalue weighted by Gasteiger charge is 2.24. The van der Waals surface area contributed by atoms with Crippen molar-refractivity contribution in [3.8, 4) is 0 Å². The SMILES string of the molecule is CCC(CC)C(=O)NCCc1nc2ccccc2n1CC(=O)N1CCCCC1C. The van der Waals surface area contributed by atoms with Crippen molar-refractivity contribution in [1.29, 1.82) is 0 Å². The molecule has 1 fully saturated rings. The quantitative estimate of drug-likeness (QED) is 0.740. The summed E-state index contributed by atoms with van der Waals surface area (Å²) in [5.74, 6) is 1.18. The maximum absolute atomic E-state index is 13.0. The first kappa shape index (κ1) is 21.3. The van der Waals surface area contributed by atoms with Crippen LogP contribution in [0.15, 0.2) is 24.3 Å². The van der Waals surface area contributed by atoms with E-state index in [1.54, 1.807) is 0 Å². The molecule has 1 atom stereocenters. The Morgan fingerprint density at radius 1 is 1.21 bits per heavy atom. The molecule has 0 spiro atoms.